The van der Waals surface area contributed by atoms with Crippen molar-refractivity contribution in [1.82, 2.24) is 14.5 Å². The van der Waals surface area contributed by atoms with E-state index in [9.17, 15) is 0 Å². The van der Waals surface area contributed by atoms with Gasteiger partial charge in [0.15, 0.2) is 0 Å². The Morgan fingerprint density at radius 2 is 2.29 bits per heavy atom. The third-order valence-electron chi connectivity index (χ3n) is 2.97. The van der Waals surface area contributed by atoms with Gasteiger partial charge in [0.2, 0.25) is 0 Å². The van der Waals surface area contributed by atoms with Crippen LogP contribution in [-0.2, 0) is 6.54 Å². The zero-order valence-electron chi connectivity index (χ0n) is 9.44. The number of nitrogens with zero attached hydrogens (tertiary/aromatic N) is 2. The fourth-order valence-corrected chi connectivity index (χ4v) is 2.47. The fourth-order valence-electron chi connectivity index (χ4n) is 2.11. The zero-order valence-corrected chi connectivity index (χ0v) is 11.0. The molecule has 17 heavy (non-hydrogen) atoms. The third-order valence-corrected chi connectivity index (χ3v) is 3.47. The van der Waals surface area contributed by atoms with Gasteiger partial charge in [-0.05, 0) is 19.1 Å². The van der Waals surface area contributed by atoms with E-state index in [-0.39, 0.29) is 0 Å². The molecule has 0 bridgehead atoms. The number of benzene rings is 1. The SMILES string of the molecule is CCn1cncc1-c1c[nH]c2cc(Br)ccc12. The molecule has 0 saturated carbocycles. The average Bonchev–Trinajstić information content (AvgIpc) is 2.92. The van der Waals surface area contributed by atoms with Gasteiger partial charge in [0.05, 0.1) is 18.2 Å². The van der Waals surface area contributed by atoms with E-state index in [1.165, 1.54) is 10.9 Å². The number of aromatic amines is 1. The predicted molar refractivity (Wildman–Crippen MR) is 72.9 cm³/mol. The molecule has 0 aliphatic heterocycles. The Bertz CT molecular complexity index is 666. The van der Waals surface area contributed by atoms with Crippen LogP contribution in [0.5, 0.6) is 0 Å². The highest BCUT2D eigenvalue weighted by Crippen LogP contribution is 2.29. The maximum absolute atomic E-state index is 4.21. The maximum Gasteiger partial charge on any atom is 0.0950 e. The standard InChI is InChI=1S/C13H12BrN3/c1-2-17-8-15-7-13(17)11-6-16-12-5-9(14)3-4-10(11)12/h3-8,16H,2H2,1H3. The van der Waals surface area contributed by atoms with Gasteiger partial charge in [-0.15, -0.1) is 0 Å². The van der Waals surface area contributed by atoms with Crippen LogP contribution in [0.15, 0.2) is 41.4 Å². The lowest BCUT2D eigenvalue weighted by molar-refractivity contribution is 0.769. The average molecular weight is 290 g/mol. The van der Waals surface area contributed by atoms with Crippen LogP contribution in [0, 0.1) is 0 Å². The van der Waals surface area contributed by atoms with E-state index in [1.807, 2.05) is 18.7 Å². The number of H-pyrrole nitrogens is 1. The summed E-state index contributed by atoms with van der Waals surface area (Å²) in [7, 11) is 0. The Kier molecular flexibility index (Phi) is 2.52. The first-order chi connectivity index (χ1) is 8.29. The van der Waals surface area contributed by atoms with Crippen molar-refractivity contribution in [1.29, 1.82) is 0 Å². The summed E-state index contributed by atoms with van der Waals surface area (Å²) in [4.78, 5) is 7.51. The van der Waals surface area contributed by atoms with Crippen LogP contribution in [0.25, 0.3) is 22.2 Å². The normalized spacial score (nSPS) is 11.2. The van der Waals surface area contributed by atoms with E-state index >= 15 is 0 Å². The van der Waals surface area contributed by atoms with Crippen LogP contribution < -0.4 is 0 Å². The number of imidazole rings is 1. The molecule has 2 heterocycles. The van der Waals surface area contributed by atoms with Crippen molar-refractivity contribution in [2.75, 3.05) is 0 Å². The molecule has 0 unspecified atom stereocenters. The van der Waals surface area contributed by atoms with E-state index in [0.29, 0.717) is 0 Å². The smallest absolute Gasteiger partial charge is 0.0950 e. The van der Waals surface area contributed by atoms with E-state index in [4.69, 9.17) is 0 Å². The number of nitrogens with one attached hydrogen (secondary N) is 1. The minimum atomic E-state index is 0.929. The summed E-state index contributed by atoms with van der Waals surface area (Å²) in [5.41, 5.74) is 3.49. The van der Waals surface area contributed by atoms with Crippen LogP contribution in [0.1, 0.15) is 6.92 Å². The number of aryl methyl sites for hydroxylation is 1. The van der Waals surface area contributed by atoms with Gasteiger partial charge in [-0.3, -0.25) is 0 Å². The molecule has 2 aromatic heterocycles. The number of rotatable bonds is 2. The first-order valence-corrected chi connectivity index (χ1v) is 6.36. The first kappa shape index (κ1) is 10.6. The second-order valence-electron chi connectivity index (χ2n) is 3.96. The van der Waals surface area contributed by atoms with Gasteiger partial charge in [-0.2, -0.15) is 0 Å². The van der Waals surface area contributed by atoms with Crippen molar-refractivity contribution in [3.05, 3.63) is 41.4 Å². The Morgan fingerprint density at radius 3 is 3.12 bits per heavy atom. The van der Waals surface area contributed by atoms with Crippen molar-refractivity contribution in [3.8, 4) is 11.3 Å². The summed E-state index contributed by atoms with van der Waals surface area (Å²) in [5, 5.41) is 1.23. The predicted octanol–water partition coefficient (Wildman–Crippen LogP) is 3.81. The highest BCUT2D eigenvalue weighted by molar-refractivity contribution is 9.10. The molecule has 0 atom stereocenters. The van der Waals surface area contributed by atoms with E-state index in [0.717, 1.165) is 22.2 Å². The lowest BCUT2D eigenvalue weighted by atomic mass is 10.1. The highest BCUT2D eigenvalue weighted by Gasteiger charge is 2.09. The number of hydrogen-bond donors (Lipinski definition) is 1. The monoisotopic (exact) mass is 289 g/mol. The van der Waals surface area contributed by atoms with E-state index < -0.39 is 0 Å². The summed E-state index contributed by atoms with van der Waals surface area (Å²) in [5.74, 6) is 0. The van der Waals surface area contributed by atoms with Crippen LogP contribution in [0.4, 0.5) is 0 Å². The van der Waals surface area contributed by atoms with Crippen LogP contribution >= 0.6 is 15.9 Å². The lowest BCUT2D eigenvalue weighted by Crippen LogP contribution is -1.93. The Balaban J connectivity index is 2.24. The molecule has 0 spiro atoms. The molecular formula is C13H12BrN3. The molecule has 4 heteroatoms. The molecule has 1 aromatic carbocycles. The van der Waals surface area contributed by atoms with Crippen molar-refractivity contribution in [3.63, 3.8) is 0 Å². The third kappa shape index (κ3) is 1.69. The molecule has 3 rings (SSSR count). The van der Waals surface area contributed by atoms with Gasteiger partial charge >= 0.3 is 0 Å². The Hall–Kier alpha value is -1.55. The molecule has 3 nitrogen and oxygen atoms in total. The van der Waals surface area contributed by atoms with Gasteiger partial charge in [0.1, 0.15) is 0 Å². The summed E-state index contributed by atoms with van der Waals surface area (Å²) >= 11 is 3.48. The summed E-state index contributed by atoms with van der Waals surface area (Å²) in [6, 6.07) is 6.27. The van der Waals surface area contributed by atoms with Crippen molar-refractivity contribution < 1.29 is 0 Å². The van der Waals surface area contributed by atoms with Gasteiger partial charge in [0, 0.05) is 33.7 Å². The van der Waals surface area contributed by atoms with Crippen molar-refractivity contribution in [2.24, 2.45) is 0 Å². The molecule has 3 aromatic rings. The fraction of sp³-hybridized carbons (Fsp3) is 0.154. The highest BCUT2D eigenvalue weighted by atomic mass is 79.9. The van der Waals surface area contributed by atoms with E-state index in [1.54, 1.807) is 0 Å². The van der Waals surface area contributed by atoms with Gasteiger partial charge in [0.25, 0.3) is 0 Å². The molecule has 0 radical (unpaired) electrons. The van der Waals surface area contributed by atoms with E-state index in [2.05, 4.69) is 55.6 Å². The number of aromatic nitrogens is 3. The second kappa shape index (κ2) is 4.04. The quantitative estimate of drug-likeness (QED) is 0.765. The largest absolute Gasteiger partial charge is 0.360 e. The van der Waals surface area contributed by atoms with Gasteiger partial charge in [-0.1, -0.05) is 22.0 Å². The molecular weight excluding hydrogens is 278 g/mol. The lowest BCUT2D eigenvalue weighted by Gasteiger charge is -2.03. The molecule has 86 valence electrons. The zero-order chi connectivity index (χ0) is 11.8. The summed E-state index contributed by atoms with van der Waals surface area (Å²) in [6.07, 6.45) is 5.82. The van der Waals surface area contributed by atoms with Crippen molar-refractivity contribution >= 4 is 26.8 Å². The molecule has 0 aliphatic rings. The molecule has 0 saturated heterocycles. The number of fused-ring (bicyclic) bond motifs is 1. The van der Waals surface area contributed by atoms with Gasteiger partial charge < -0.3 is 9.55 Å². The summed E-state index contributed by atoms with van der Waals surface area (Å²) in [6.45, 7) is 3.05. The molecule has 0 fully saturated rings. The summed E-state index contributed by atoms with van der Waals surface area (Å²) < 4.78 is 3.23. The molecule has 1 N–H and O–H groups in total. The van der Waals surface area contributed by atoms with Crippen LogP contribution in [-0.4, -0.2) is 14.5 Å². The maximum atomic E-state index is 4.21. The number of halogens is 1. The molecule has 0 aliphatic carbocycles. The Morgan fingerprint density at radius 1 is 1.41 bits per heavy atom. The van der Waals surface area contributed by atoms with Crippen molar-refractivity contribution in [2.45, 2.75) is 13.5 Å². The second-order valence-corrected chi connectivity index (χ2v) is 4.87. The first-order valence-electron chi connectivity index (χ1n) is 5.56. The van der Waals surface area contributed by atoms with Gasteiger partial charge in [-0.25, -0.2) is 4.98 Å². The Labute approximate surface area is 108 Å². The minimum absolute atomic E-state index is 0.929. The number of hydrogen-bond acceptors (Lipinski definition) is 1. The minimum Gasteiger partial charge on any atom is -0.360 e. The van der Waals surface area contributed by atoms with Crippen LogP contribution in [0.3, 0.4) is 0 Å². The van der Waals surface area contributed by atoms with Crippen LogP contribution in [0.2, 0.25) is 0 Å². The topological polar surface area (TPSA) is 33.6 Å². The molecule has 0 amide bonds.